The number of carbonyl (C=O) groups is 2. The zero-order chi connectivity index (χ0) is 22.0. The Balaban J connectivity index is 1.47. The number of amides is 2. The van der Waals surface area contributed by atoms with Crippen molar-refractivity contribution in [2.45, 2.75) is 24.8 Å². The zero-order valence-corrected chi connectivity index (χ0v) is 16.9. The molecule has 1 aliphatic rings. The lowest BCUT2D eigenvalue weighted by Crippen LogP contribution is -2.51. The summed E-state index contributed by atoms with van der Waals surface area (Å²) in [6.07, 6.45) is 5.23. The van der Waals surface area contributed by atoms with E-state index in [0.717, 1.165) is 31.4 Å². The first-order valence-electron chi connectivity index (χ1n) is 9.53. The van der Waals surface area contributed by atoms with Gasteiger partial charge in [-0.15, -0.1) is 0 Å². The third-order valence-electron chi connectivity index (χ3n) is 5.19. The maximum absolute atomic E-state index is 13.3. The van der Waals surface area contributed by atoms with E-state index in [2.05, 4.69) is 20.6 Å². The zero-order valence-electron chi connectivity index (χ0n) is 16.2. The lowest BCUT2D eigenvalue weighted by atomic mass is 9.74. The van der Waals surface area contributed by atoms with Gasteiger partial charge in [-0.25, -0.2) is 13.8 Å². The van der Waals surface area contributed by atoms with Crippen LogP contribution >= 0.6 is 11.6 Å². The van der Waals surface area contributed by atoms with Crippen molar-refractivity contribution in [3.8, 4) is 0 Å². The molecular weight excluding hydrogens is 426 g/mol. The van der Waals surface area contributed by atoms with Gasteiger partial charge in [0.1, 0.15) is 16.8 Å². The van der Waals surface area contributed by atoms with E-state index in [0.29, 0.717) is 28.2 Å². The van der Waals surface area contributed by atoms with Crippen molar-refractivity contribution in [1.29, 1.82) is 0 Å². The molecule has 4 rings (SSSR count). The van der Waals surface area contributed by atoms with Gasteiger partial charge in [-0.3, -0.25) is 14.6 Å². The van der Waals surface area contributed by atoms with E-state index in [-0.39, 0.29) is 11.5 Å². The Morgan fingerprint density at radius 1 is 0.903 bits per heavy atom. The summed E-state index contributed by atoms with van der Waals surface area (Å²) in [5.41, 5.74) is 0.665. The Labute approximate surface area is 181 Å². The fourth-order valence-corrected chi connectivity index (χ4v) is 3.53. The predicted molar refractivity (Wildman–Crippen MR) is 111 cm³/mol. The normalized spacial score (nSPS) is 14.4. The average Bonchev–Trinajstić information content (AvgIpc) is 2.71. The van der Waals surface area contributed by atoms with Crippen molar-refractivity contribution in [3.63, 3.8) is 0 Å². The molecule has 1 saturated carbocycles. The predicted octanol–water partition coefficient (Wildman–Crippen LogP) is 4.47. The van der Waals surface area contributed by atoms with Gasteiger partial charge in [-0.1, -0.05) is 11.6 Å². The molecule has 9 heteroatoms. The molecule has 2 N–H and O–H groups in total. The van der Waals surface area contributed by atoms with Gasteiger partial charge < -0.3 is 10.6 Å². The van der Waals surface area contributed by atoms with Crippen LogP contribution in [0.25, 0.3) is 0 Å². The molecule has 0 radical (unpaired) electrons. The van der Waals surface area contributed by atoms with Gasteiger partial charge in [0, 0.05) is 17.8 Å². The number of anilines is 1. The van der Waals surface area contributed by atoms with Crippen LogP contribution in [0.3, 0.4) is 0 Å². The fourth-order valence-electron chi connectivity index (χ4n) is 3.41. The standard InChI is InChI=1S/C22H17ClF2N4O2/c23-19-5-2-13(11-27-19)21(31)29-22(6-1-7-22)18-4-3-17(12-26-18)28-20(30)14-8-15(24)10-16(25)9-14/h2-5,8-12H,1,6-7H2,(H,28,30)(H,29,31). The second-order valence-corrected chi connectivity index (χ2v) is 7.69. The first-order chi connectivity index (χ1) is 14.8. The Kier molecular flexibility index (Phi) is 5.65. The molecule has 31 heavy (non-hydrogen) atoms. The monoisotopic (exact) mass is 442 g/mol. The summed E-state index contributed by atoms with van der Waals surface area (Å²) in [4.78, 5) is 33.2. The van der Waals surface area contributed by atoms with E-state index >= 15 is 0 Å². The summed E-state index contributed by atoms with van der Waals surface area (Å²) in [6.45, 7) is 0. The highest BCUT2D eigenvalue weighted by atomic mass is 35.5. The lowest BCUT2D eigenvalue weighted by molar-refractivity contribution is 0.0816. The number of rotatable bonds is 5. The second kappa shape index (κ2) is 8.39. The van der Waals surface area contributed by atoms with Crippen LogP contribution in [0.2, 0.25) is 5.15 Å². The van der Waals surface area contributed by atoms with Crippen LogP contribution in [0.15, 0.2) is 54.9 Å². The Bertz CT molecular complexity index is 1110. The van der Waals surface area contributed by atoms with Gasteiger partial charge in [0.25, 0.3) is 11.8 Å². The topological polar surface area (TPSA) is 84.0 Å². The number of aromatic nitrogens is 2. The molecule has 0 spiro atoms. The van der Waals surface area contributed by atoms with Gasteiger partial charge >= 0.3 is 0 Å². The van der Waals surface area contributed by atoms with Gasteiger partial charge in [0.15, 0.2) is 0 Å². The molecule has 0 atom stereocenters. The number of pyridine rings is 2. The van der Waals surface area contributed by atoms with Gasteiger partial charge in [-0.05, 0) is 55.7 Å². The molecule has 0 unspecified atom stereocenters. The van der Waals surface area contributed by atoms with Crippen LogP contribution in [0.5, 0.6) is 0 Å². The van der Waals surface area contributed by atoms with Gasteiger partial charge in [0.2, 0.25) is 0 Å². The van der Waals surface area contributed by atoms with Crippen LogP contribution in [0.1, 0.15) is 45.7 Å². The molecule has 0 aliphatic heterocycles. The SMILES string of the molecule is O=C(Nc1ccc(C2(NC(=O)c3ccc(Cl)nc3)CCC2)nc1)c1cc(F)cc(F)c1. The minimum absolute atomic E-state index is 0.138. The number of benzene rings is 1. The number of halogens is 3. The molecule has 1 aromatic carbocycles. The van der Waals surface area contributed by atoms with Crippen LogP contribution < -0.4 is 10.6 Å². The highest BCUT2D eigenvalue weighted by Crippen LogP contribution is 2.40. The van der Waals surface area contributed by atoms with Crippen molar-refractivity contribution in [2.75, 3.05) is 5.32 Å². The quantitative estimate of drug-likeness (QED) is 0.571. The van der Waals surface area contributed by atoms with Crippen molar-refractivity contribution >= 4 is 29.1 Å². The molecule has 1 aliphatic carbocycles. The van der Waals surface area contributed by atoms with E-state index in [1.807, 2.05) is 0 Å². The third kappa shape index (κ3) is 4.54. The molecule has 2 aromatic heterocycles. The minimum Gasteiger partial charge on any atom is -0.341 e. The van der Waals surface area contributed by atoms with E-state index in [9.17, 15) is 18.4 Å². The number of nitrogens with zero attached hydrogens (tertiary/aromatic N) is 2. The first kappa shape index (κ1) is 20.9. The summed E-state index contributed by atoms with van der Waals surface area (Å²) in [5, 5.41) is 5.88. The van der Waals surface area contributed by atoms with E-state index in [1.165, 1.54) is 12.4 Å². The number of hydrogen-bond donors (Lipinski definition) is 2. The second-order valence-electron chi connectivity index (χ2n) is 7.30. The van der Waals surface area contributed by atoms with Crippen molar-refractivity contribution in [3.05, 3.63) is 88.5 Å². The van der Waals surface area contributed by atoms with Gasteiger partial charge in [-0.2, -0.15) is 0 Å². The maximum Gasteiger partial charge on any atom is 0.255 e. The Hall–Kier alpha value is -3.39. The fraction of sp³-hybridized carbons (Fsp3) is 0.182. The highest BCUT2D eigenvalue weighted by molar-refractivity contribution is 6.29. The number of carbonyl (C=O) groups excluding carboxylic acids is 2. The number of hydrogen-bond acceptors (Lipinski definition) is 4. The van der Waals surface area contributed by atoms with Gasteiger partial charge in [0.05, 0.1) is 28.7 Å². The molecule has 2 amide bonds. The van der Waals surface area contributed by atoms with Crippen molar-refractivity contribution < 1.29 is 18.4 Å². The van der Waals surface area contributed by atoms with Crippen molar-refractivity contribution in [2.24, 2.45) is 0 Å². The van der Waals surface area contributed by atoms with Crippen LogP contribution in [-0.4, -0.2) is 21.8 Å². The Morgan fingerprint density at radius 2 is 1.65 bits per heavy atom. The van der Waals surface area contributed by atoms with Crippen molar-refractivity contribution in [1.82, 2.24) is 15.3 Å². The summed E-state index contributed by atoms with van der Waals surface area (Å²) in [5.74, 6) is -2.61. The largest absolute Gasteiger partial charge is 0.341 e. The lowest BCUT2D eigenvalue weighted by Gasteiger charge is -2.42. The smallest absolute Gasteiger partial charge is 0.255 e. The minimum atomic E-state index is -0.836. The highest BCUT2D eigenvalue weighted by Gasteiger charge is 2.41. The van der Waals surface area contributed by atoms with E-state index in [4.69, 9.17) is 11.6 Å². The summed E-state index contributed by atoms with van der Waals surface area (Å²) < 4.78 is 26.7. The van der Waals surface area contributed by atoms with Crippen LogP contribution in [0.4, 0.5) is 14.5 Å². The summed E-state index contributed by atoms with van der Waals surface area (Å²) in [7, 11) is 0. The van der Waals surface area contributed by atoms with Crippen LogP contribution in [0, 0.1) is 11.6 Å². The molecule has 158 valence electrons. The molecular formula is C22H17ClF2N4O2. The van der Waals surface area contributed by atoms with E-state index in [1.54, 1.807) is 24.3 Å². The summed E-state index contributed by atoms with van der Waals surface area (Å²) >= 11 is 5.77. The molecule has 0 saturated heterocycles. The summed E-state index contributed by atoms with van der Waals surface area (Å²) in [6, 6.07) is 9.07. The maximum atomic E-state index is 13.3. The molecule has 1 fully saturated rings. The average molecular weight is 443 g/mol. The molecule has 2 heterocycles. The Morgan fingerprint density at radius 3 is 2.19 bits per heavy atom. The molecule has 6 nitrogen and oxygen atoms in total. The third-order valence-corrected chi connectivity index (χ3v) is 5.41. The molecule has 0 bridgehead atoms. The number of nitrogens with one attached hydrogen (secondary N) is 2. The van der Waals surface area contributed by atoms with Crippen LogP contribution in [-0.2, 0) is 5.54 Å². The first-order valence-corrected chi connectivity index (χ1v) is 9.90. The molecule has 3 aromatic rings. The van der Waals surface area contributed by atoms with E-state index < -0.39 is 23.1 Å².